The smallest absolute Gasteiger partial charge is 0.141 e. The van der Waals surface area contributed by atoms with Gasteiger partial charge in [-0.2, -0.15) is 11.8 Å². The van der Waals surface area contributed by atoms with Crippen molar-refractivity contribution in [2.24, 2.45) is 5.73 Å². The van der Waals surface area contributed by atoms with Gasteiger partial charge in [0.1, 0.15) is 5.82 Å². The van der Waals surface area contributed by atoms with Crippen LogP contribution in [0, 0.1) is 13.8 Å². The molecule has 1 unspecified atom stereocenters. The first-order valence-electron chi connectivity index (χ1n) is 5.88. The molecule has 0 aromatic carbocycles. The Kier molecular flexibility index (Phi) is 3.82. The molecule has 2 heterocycles. The Morgan fingerprint density at radius 2 is 2.00 bits per heavy atom. The van der Waals surface area contributed by atoms with E-state index in [0.717, 1.165) is 23.6 Å². The average molecular weight is 237 g/mol. The van der Waals surface area contributed by atoms with Crippen LogP contribution < -0.4 is 5.73 Å². The minimum Gasteiger partial charge on any atom is -0.330 e. The monoisotopic (exact) mass is 237 g/mol. The van der Waals surface area contributed by atoms with E-state index in [-0.39, 0.29) is 0 Å². The van der Waals surface area contributed by atoms with Crippen LogP contribution in [0.5, 0.6) is 0 Å². The van der Waals surface area contributed by atoms with Crippen molar-refractivity contribution in [1.82, 2.24) is 9.97 Å². The van der Waals surface area contributed by atoms with Gasteiger partial charge in [0.2, 0.25) is 0 Å². The number of rotatable bonds is 3. The summed E-state index contributed by atoms with van der Waals surface area (Å²) in [6.07, 6.45) is 3.40. The third kappa shape index (κ3) is 2.38. The highest BCUT2D eigenvalue weighted by molar-refractivity contribution is 7.99. The van der Waals surface area contributed by atoms with E-state index in [1.165, 1.54) is 24.2 Å². The summed E-state index contributed by atoms with van der Waals surface area (Å²) in [6.45, 7) is 4.81. The molecule has 4 heteroatoms. The van der Waals surface area contributed by atoms with Crippen LogP contribution in [0.4, 0.5) is 0 Å². The molecular formula is C12H19N3S. The van der Waals surface area contributed by atoms with Crippen LogP contribution in [-0.4, -0.2) is 22.3 Å². The summed E-state index contributed by atoms with van der Waals surface area (Å²) in [6, 6.07) is 0. The second-order valence-corrected chi connectivity index (χ2v) is 5.58. The lowest BCUT2D eigenvalue weighted by atomic mass is 10.1. The Labute approximate surface area is 101 Å². The number of hydrogen-bond donors (Lipinski definition) is 1. The van der Waals surface area contributed by atoms with Crippen LogP contribution in [0.25, 0.3) is 0 Å². The molecule has 3 nitrogen and oxygen atoms in total. The van der Waals surface area contributed by atoms with Crippen LogP contribution in [0.1, 0.15) is 40.9 Å². The third-order valence-electron chi connectivity index (χ3n) is 3.05. The SMILES string of the molecule is Cc1nc(C2CCCS2)nc(C)c1CCN. The molecule has 88 valence electrons. The Balaban J connectivity index is 2.28. The van der Waals surface area contributed by atoms with Gasteiger partial charge in [-0.1, -0.05) is 0 Å². The van der Waals surface area contributed by atoms with E-state index in [2.05, 4.69) is 23.8 Å². The van der Waals surface area contributed by atoms with Crippen molar-refractivity contribution >= 4 is 11.8 Å². The highest BCUT2D eigenvalue weighted by Gasteiger charge is 2.21. The Morgan fingerprint density at radius 3 is 2.50 bits per heavy atom. The van der Waals surface area contributed by atoms with Crippen molar-refractivity contribution in [2.45, 2.75) is 38.4 Å². The van der Waals surface area contributed by atoms with Crippen molar-refractivity contribution in [1.29, 1.82) is 0 Å². The second-order valence-electron chi connectivity index (χ2n) is 4.27. The molecule has 2 rings (SSSR count). The van der Waals surface area contributed by atoms with Crippen LogP contribution in [0.2, 0.25) is 0 Å². The minimum absolute atomic E-state index is 0.518. The fraction of sp³-hybridized carbons (Fsp3) is 0.667. The van der Waals surface area contributed by atoms with Crippen LogP contribution >= 0.6 is 11.8 Å². The molecule has 0 radical (unpaired) electrons. The molecule has 0 spiro atoms. The maximum atomic E-state index is 5.60. The van der Waals surface area contributed by atoms with Crippen molar-refractivity contribution in [3.05, 3.63) is 22.8 Å². The Bertz CT molecular complexity index is 350. The summed E-state index contributed by atoms with van der Waals surface area (Å²) >= 11 is 1.98. The third-order valence-corrected chi connectivity index (χ3v) is 4.42. The topological polar surface area (TPSA) is 51.8 Å². The standard InChI is InChI=1S/C12H19N3S/c1-8-10(5-6-13)9(2)15-12(14-8)11-4-3-7-16-11/h11H,3-7,13H2,1-2H3. The van der Waals surface area contributed by atoms with E-state index >= 15 is 0 Å². The van der Waals surface area contributed by atoms with Gasteiger partial charge >= 0.3 is 0 Å². The van der Waals surface area contributed by atoms with Crippen molar-refractivity contribution in [3.8, 4) is 0 Å². The van der Waals surface area contributed by atoms with Crippen LogP contribution in [0.3, 0.4) is 0 Å². The van der Waals surface area contributed by atoms with Crippen molar-refractivity contribution < 1.29 is 0 Å². The number of aromatic nitrogens is 2. The first-order chi connectivity index (χ1) is 7.72. The molecule has 1 saturated heterocycles. The lowest BCUT2D eigenvalue weighted by molar-refractivity contribution is 0.754. The van der Waals surface area contributed by atoms with E-state index in [1.807, 2.05) is 11.8 Å². The average Bonchev–Trinajstić information content (AvgIpc) is 2.76. The molecule has 2 N–H and O–H groups in total. The summed E-state index contributed by atoms with van der Waals surface area (Å²) in [5.41, 5.74) is 9.05. The molecular weight excluding hydrogens is 218 g/mol. The van der Waals surface area contributed by atoms with E-state index in [4.69, 9.17) is 5.73 Å². The van der Waals surface area contributed by atoms with Gasteiger partial charge in [-0.15, -0.1) is 0 Å². The lowest BCUT2D eigenvalue weighted by Gasteiger charge is -2.13. The number of hydrogen-bond acceptors (Lipinski definition) is 4. The lowest BCUT2D eigenvalue weighted by Crippen LogP contribution is -2.11. The van der Waals surface area contributed by atoms with E-state index in [9.17, 15) is 0 Å². The van der Waals surface area contributed by atoms with Gasteiger partial charge in [0.25, 0.3) is 0 Å². The molecule has 16 heavy (non-hydrogen) atoms. The summed E-state index contributed by atoms with van der Waals surface area (Å²) in [5, 5.41) is 0.518. The first-order valence-corrected chi connectivity index (χ1v) is 6.93. The van der Waals surface area contributed by atoms with Gasteiger partial charge in [-0.05, 0) is 51.0 Å². The minimum atomic E-state index is 0.518. The maximum absolute atomic E-state index is 5.60. The summed E-state index contributed by atoms with van der Waals surface area (Å²) < 4.78 is 0. The largest absolute Gasteiger partial charge is 0.330 e. The van der Waals surface area contributed by atoms with Crippen LogP contribution in [-0.2, 0) is 6.42 Å². The maximum Gasteiger partial charge on any atom is 0.141 e. The summed E-state index contributed by atoms with van der Waals surface area (Å²) in [7, 11) is 0. The summed E-state index contributed by atoms with van der Waals surface area (Å²) in [5.74, 6) is 2.27. The molecule has 1 aliphatic heterocycles. The second kappa shape index (κ2) is 5.15. The van der Waals surface area contributed by atoms with E-state index in [0.29, 0.717) is 11.8 Å². The summed E-state index contributed by atoms with van der Waals surface area (Å²) in [4.78, 5) is 9.29. The zero-order valence-corrected chi connectivity index (χ0v) is 10.8. The van der Waals surface area contributed by atoms with Crippen LogP contribution in [0.15, 0.2) is 0 Å². The molecule has 1 atom stereocenters. The van der Waals surface area contributed by atoms with E-state index < -0.39 is 0 Å². The normalized spacial score (nSPS) is 20.3. The number of nitrogens with two attached hydrogens (primary N) is 1. The quantitative estimate of drug-likeness (QED) is 0.875. The van der Waals surface area contributed by atoms with Gasteiger partial charge in [-0.25, -0.2) is 9.97 Å². The highest BCUT2D eigenvalue weighted by Crippen LogP contribution is 2.38. The van der Waals surface area contributed by atoms with Gasteiger partial charge < -0.3 is 5.73 Å². The molecule has 1 fully saturated rings. The van der Waals surface area contributed by atoms with E-state index in [1.54, 1.807) is 0 Å². The zero-order valence-electron chi connectivity index (χ0n) is 9.99. The zero-order chi connectivity index (χ0) is 11.5. The predicted octanol–water partition coefficient (Wildman–Crippen LogP) is 2.16. The fourth-order valence-electron chi connectivity index (χ4n) is 2.20. The molecule has 0 bridgehead atoms. The fourth-order valence-corrected chi connectivity index (χ4v) is 3.40. The van der Waals surface area contributed by atoms with Crippen molar-refractivity contribution in [2.75, 3.05) is 12.3 Å². The van der Waals surface area contributed by atoms with Crippen molar-refractivity contribution in [3.63, 3.8) is 0 Å². The molecule has 1 aromatic rings. The highest BCUT2D eigenvalue weighted by atomic mass is 32.2. The Morgan fingerprint density at radius 1 is 1.31 bits per heavy atom. The van der Waals surface area contributed by atoms with Gasteiger partial charge in [0.15, 0.2) is 0 Å². The molecule has 0 amide bonds. The van der Waals surface area contributed by atoms with Gasteiger partial charge in [0.05, 0.1) is 5.25 Å². The predicted molar refractivity (Wildman–Crippen MR) is 68.7 cm³/mol. The molecule has 1 aromatic heterocycles. The molecule has 0 aliphatic carbocycles. The first kappa shape index (κ1) is 11.9. The number of thioether (sulfide) groups is 1. The molecule has 0 saturated carbocycles. The Hall–Kier alpha value is -0.610. The number of aryl methyl sites for hydroxylation is 2. The molecule has 1 aliphatic rings. The van der Waals surface area contributed by atoms with Gasteiger partial charge in [-0.3, -0.25) is 0 Å². The van der Waals surface area contributed by atoms with Gasteiger partial charge in [0, 0.05) is 11.4 Å². The number of nitrogens with zero attached hydrogens (tertiary/aromatic N) is 2.